The molecule has 1 heterocycles. The predicted molar refractivity (Wildman–Crippen MR) is 131 cm³/mol. The first-order chi connectivity index (χ1) is 16.4. The summed E-state index contributed by atoms with van der Waals surface area (Å²) in [6.07, 6.45) is 0. The van der Waals surface area contributed by atoms with Gasteiger partial charge in [0.25, 0.3) is 5.91 Å². The second-order valence-electron chi connectivity index (χ2n) is 9.88. The quantitative estimate of drug-likeness (QED) is 0.437. The van der Waals surface area contributed by atoms with Gasteiger partial charge in [0.15, 0.2) is 11.6 Å². The SMILES string of the molecule is Cc1ccc(Nc2c(C(=O)N3CC(O)(CNCCN(C(C)C)C(C)C)C3)ccc(F)c2F)c(F)c1. The molecule has 2 aromatic carbocycles. The molecule has 1 saturated heterocycles. The number of aryl methyl sites for hydroxylation is 1. The van der Waals surface area contributed by atoms with Gasteiger partial charge in [0.1, 0.15) is 11.4 Å². The van der Waals surface area contributed by atoms with Crippen LogP contribution in [0.5, 0.6) is 0 Å². The molecule has 1 fully saturated rings. The van der Waals surface area contributed by atoms with E-state index >= 15 is 0 Å². The van der Waals surface area contributed by atoms with Crippen LogP contribution in [0.25, 0.3) is 0 Å². The first kappa shape index (κ1) is 27.0. The summed E-state index contributed by atoms with van der Waals surface area (Å²) in [6.45, 7) is 12.2. The Morgan fingerprint density at radius 2 is 1.74 bits per heavy atom. The van der Waals surface area contributed by atoms with E-state index in [0.717, 1.165) is 18.7 Å². The molecule has 1 aliphatic heterocycles. The number of amides is 1. The zero-order chi connectivity index (χ0) is 25.9. The van der Waals surface area contributed by atoms with Crippen LogP contribution in [0.1, 0.15) is 43.6 Å². The largest absolute Gasteiger partial charge is 0.385 e. The van der Waals surface area contributed by atoms with E-state index in [2.05, 4.69) is 43.2 Å². The molecule has 192 valence electrons. The normalized spacial score (nSPS) is 15.1. The van der Waals surface area contributed by atoms with Crippen LogP contribution in [0.2, 0.25) is 0 Å². The highest BCUT2D eigenvalue weighted by atomic mass is 19.2. The average molecular weight is 493 g/mol. The number of anilines is 2. The Labute approximate surface area is 205 Å². The van der Waals surface area contributed by atoms with Crippen molar-refractivity contribution >= 4 is 17.3 Å². The van der Waals surface area contributed by atoms with Gasteiger partial charge in [-0.25, -0.2) is 13.2 Å². The van der Waals surface area contributed by atoms with Crippen LogP contribution in [0.15, 0.2) is 30.3 Å². The van der Waals surface area contributed by atoms with E-state index < -0.39 is 34.6 Å². The molecule has 1 aliphatic rings. The van der Waals surface area contributed by atoms with Crippen molar-refractivity contribution in [1.29, 1.82) is 0 Å². The van der Waals surface area contributed by atoms with Gasteiger partial charge in [-0.3, -0.25) is 9.69 Å². The zero-order valence-electron chi connectivity index (χ0n) is 21.0. The maximum Gasteiger partial charge on any atom is 0.256 e. The van der Waals surface area contributed by atoms with Gasteiger partial charge in [0.05, 0.1) is 30.0 Å². The molecular formula is C26H35F3N4O2. The first-order valence-corrected chi connectivity index (χ1v) is 11.9. The Kier molecular flexibility index (Phi) is 8.46. The van der Waals surface area contributed by atoms with Gasteiger partial charge >= 0.3 is 0 Å². The zero-order valence-corrected chi connectivity index (χ0v) is 21.0. The van der Waals surface area contributed by atoms with Crippen molar-refractivity contribution in [3.05, 3.63) is 58.9 Å². The number of hydrogen-bond donors (Lipinski definition) is 3. The number of nitrogens with zero attached hydrogens (tertiary/aromatic N) is 2. The highest BCUT2D eigenvalue weighted by Gasteiger charge is 2.44. The smallest absolute Gasteiger partial charge is 0.256 e. The molecule has 3 N–H and O–H groups in total. The summed E-state index contributed by atoms with van der Waals surface area (Å²) in [5.41, 5.74) is -1.09. The van der Waals surface area contributed by atoms with Crippen molar-refractivity contribution in [3.63, 3.8) is 0 Å². The summed E-state index contributed by atoms with van der Waals surface area (Å²) in [6, 6.07) is 7.11. The predicted octanol–water partition coefficient (Wildman–Crippen LogP) is 4.05. The fourth-order valence-electron chi connectivity index (χ4n) is 4.44. The van der Waals surface area contributed by atoms with E-state index in [0.29, 0.717) is 30.7 Å². The summed E-state index contributed by atoms with van der Waals surface area (Å²) < 4.78 is 42.9. The standard InChI is InChI=1S/C26H35F3N4O2/c1-16(2)33(17(3)4)11-10-30-13-26(35)14-32(15-26)25(34)19-7-8-20(27)23(29)24(19)31-22-9-6-18(5)12-21(22)28/h6-9,12,16-17,30-31,35H,10-11,13-15H2,1-5H3. The Morgan fingerprint density at radius 1 is 1.09 bits per heavy atom. The van der Waals surface area contributed by atoms with Crippen LogP contribution in [-0.4, -0.2) is 71.2 Å². The van der Waals surface area contributed by atoms with Crippen LogP contribution >= 0.6 is 0 Å². The van der Waals surface area contributed by atoms with E-state index in [4.69, 9.17) is 0 Å². The van der Waals surface area contributed by atoms with Gasteiger partial charge in [-0.15, -0.1) is 0 Å². The minimum Gasteiger partial charge on any atom is -0.385 e. The number of likely N-dealkylation sites (tertiary alicyclic amines) is 1. The highest BCUT2D eigenvalue weighted by molar-refractivity contribution is 6.01. The van der Waals surface area contributed by atoms with Crippen molar-refractivity contribution in [1.82, 2.24) is 15.1 Å². The fraction of sp³-hybridized carbons (Fsp3) is 0.500. The van der Waals surface area contributed by atoms with Crippen LogP contribution < -0.4 is 10.6 Å². The summed E-state index contributed by atoms with van der Waals surface area (Å²) in [5.74, 6) is -3.65. The second kappa shape index (κ2) is 11.0. The minimum absolute atomic E-state index is 0.0498. The second-order valence-corrected chi connectivity index (χ2v) is 9.88. The molecule has 0 atom stereocenters. The molecule has 0 saturated carbocycles. The van der Waals surface area contributed by atoms with E-state index in [-0.39, 0.29) is 24.3 Å². The lowest BCUT2D eigenvalue weighted by Crippen LogP contribution is -2.67. The molecule has 6 nitrogen and oxygen atoms in total. The van der Waals surface area contributed by atoms with Crippen molar-refractivity contribution < 1.29 is 23.1 Å². The summed E-state index contributed by atoms with van der Waals surface area (Å²) in [4.78, 5) is 16.8. The van der Waals surface area contributed by atoms with E-state index in [1.54, 1.807) is 13.0 Å². The Morgan fingerprint density at radius 3 is 2.34 bits per heavy atom. The van der Waals surface area contributed by atoms with Crippen molar-refractivity contribution in [2.45, 2.75) is 52.3 Å². The molecule has 0 unspecified atom stereocenters. The highest BCUT2D eigenvalue weighted by Crippen LogP contribution is 2.31. The van der Waals surface area contributed by atoms with Crippen LogP contribution in [0, 0.1) is 24.4 Å². The number of rotatable bonds is 10. The Bertz CT molecular complexity index is 1050. The molecule has 9 heteroatoms. The molecular weight excluding hydrogens is 457 g/mol. The van der Waals surface area contributed by atoms with Crippen LogP contribution in [-0.2, 0) is 0 Å². The van der Waals surface area contributed by atoms with Gasteiger partial charge in [0, 0.05) is 31.7 Å². The number of carbonyl (C=O) groups is 1. The number of carbonyl (C=O) groups excluding carboxylic acids is 1. The molecule has 1 amide bonds. The molecule has 3 rings (SSSR count). The summed E-state index contributed by atoms with van der Waals surface area (Å²) in [5, 5.41) is 16.5. The van der Waals surface area contributed by atoms with E-state index in [1.807, 2.05) is 0 Å². The van der Waals surface area contributed by atoms with Crippen molar-refractivity contribution in [3.8, 4) is 0 Å². The maximum atomic E-state index is 14.6. The van der Waals surface area contributed by atoms with Crippen LogP contribution in [0.4, 0.5) is 24.5 Å². The van der Waals surface area contributed by atoms with Gasteiger partial charge < -0.3 is 20.6 Å². The molecule has 0 radical (unpaired) electrons. The third-order valence-corrected chi connectivity index (χ3v) is 6.29. The lowest BCUT2D eigenvalue weighted by molar-refractivity contribution is -0.0786. The number of benzene rings is 2. The Hall–Kier alpha value is -2.62. The lowest BCUT2D eigenvalue weighted by Gasteiger charge is -2.46. The topological polar surface area (TPSA) is 67.8 Å². The third-order valence-electron chi connectivity index (χ3n) is 6.29. The number of nitrogens with one attached hydrogen (secondary N) is 2. The minimum atomic E-state index is -1.27. The number of halogens is 3. The lowest BCUT2D eigenvalue weighted by atomic mass is 9.92. The molecule has 0 spiro atoms. The number of hydrogen-bond acceptors (Lipinski definition) is 5. The summed E-state index contributed by atoms with van der Waals surface area (Å²) in [7, 11) is 0. The van der Waals surface area contributed by atoms with E-state index in [9.17, 15) is 23.1 Å². The molecule has 0 bridgehead atoms. The third kappa shape index (κ3) is 6.34. The molecule has 2 aromatic rings. The molecule has 0 aliphatic carbocycles. The maximum absolute atomic E-state index is 14.6. The monoisotopic (exact) mass is 492 g/mol. The van der Waals surface area contributed by atoms with Crippen molar-refractivity contribution in [2.24, 2.45) is 0 Å². The molecule has 35 heavy (non-hydrogen) atoms. The summed E-state index contributed by atoms with van der Waals surface area (Å²) >= 11 is 0. The van der Waals surface area contributed by atoms with E-state index in [1.165, 1.54) is 17.0 Å². The fourth-order valence-corrected chi connectivity index (χ4v) is 4.44. The van der Waals surface area contributed by atoms with Gasteiger partial charge in [-0.2, -0.15) is 0 Å². The van der Waals surface area contributed by atoms with Gasteiger partial charge in [0.2, 0.25) is 0 Å². The van der Waals surface area contributed by atoms with Gasteiger partial charge in [-0.05, 0) is 64.4 Å². The first-order valence-electron chi connectivity index (χ1n) is 11.9. The average Bonchev–Trinajstić information content (AvgIpc) is 2.75. The Balaban J connectivity index is 1.64. The molecule has 0 aromatic heterocycles. The number of β-amino-alcohol motifs (C(OH)–C–C–N with tert-alkyl or cyclic N) is 1. The van der Waals surface area contributed by atoms with Crippen molar-refractivity contribution in [2.75, 3.05) is 38.0 Å². The number of aliphatic hydroxyl groups is 1. The van der Waals surface area contributed by atoms with Gasteiger partial charge in [-0.1, -0.05) is 6.07 Å². The van der Waals surface area contributed by atoms with Crippen LogP contribution in [0.3, 0.4) is 0 Å².